The molecule has 0 spiro atoms. The van der Waals surface area contributed by atoms with E-state index in [4.69, 9.17) is 0 Å². The lowest BCUT2D eigenvalue weighted by molar-refractivity contribution is 0.154. The average Bonchev–Trinajstić information content (AvgIpc) is 3.15. The van der Waals surface area contributed by atoms with Crippen molar-refractivity contribution in [2.24, 2.45) is 0 Å². The molecule has 0 N–H and O–H groups in total. The van der Waals surface area contributed by atoms with Crippen LogP contribution in [0.4, 0.5) is 0 Å². The minimum atomic E-state index is 0.941. The van der Waals surface area contributed by atoms with Gasteiger partial charge in [-0.05, 0) is 31.8 Å². The van der Waals surface area contributed by atoms with Crippen LogP contribution in [0.2, 0.25) is 0 Å². The lowest BCUT2D eigenvalue weighted by Crippen LogP contribution is -2.46. The van der Waals surface area contributed by atoms with E-state index in [0.717, 1.165) is 12.5 Å². The van der Waals surface area contributed by atoms with Crippen LogP contribution in [0.3, 0.4) is 0 Å². The van der Waals surface area contributed by atoms with Crippen LogP contribution < -0.4 is 0 Å². The molecule has 2 fully saturated rings. The van der Waals surface area contributed by atoms with Gasteiger partial charge in [-0.3, -0.25) is 4.90 Å². The fourth-order valence-electron chi connectivity index (χ4n) is 2.52. The highest BCUT2D eigenvalue weighted by molar-refractivity contribution is 5.25. The summed E-state index contributed by atoms with van der Waals surface area (Å²) in [4.78, 5) is 5.19. The third-order valence-electron chi connectivity index (χ3n) is 3.61. The van der Waals surface area contributed by atoms with Crippen molar-refractivity contribution in [3.8, 4) is 0 Å². The first kappa shape index (κ1) is 9.46. The van der Waals surface area contributed by atoms with Gasteiger partial charge in [0, 0.05) is 37.9 Å². The predicted molar refractivity (Wildman–Crippen MR) is 62.3 cm³/mol. The highest BCUT2D eigenvalue weighted by Gasteiger charge is 2.31. The molecular formula is C13H19N2. The first-order valence-electron chi connectivity index (χ1n) is 6.12. The molecule has 2 nitrogen and oxygen atoms in total. The first-order valence-corrected chi connectivity index (χ1v) is 6.12. The minimum absolute atomic E-state index is 0.941. The topological polar surface area (TPSA) is 6.48 Å². The molecule has 2 aliphatic carbocycles. The van der Waals surface area contributed by atoms with Crippen molar-refractivity contribution < 1.29 is 0 Å². The van der Waals surface area contributed by atoms with Crippen LogP contribution in [0.5, 0.6) is 0 Å². The van der Waals surface area contributed by atoms with E-state index in [2.05, 4.69) is 34.4 Å². The third-order valence-corrected chi connectivity index (χ3v) is 3.61. The van der Waals surface area contributed by atoms with Gasteiger partial charge in [0.1, 0.15) is 0 Å². The molecule has 0 atom stereocenters. The fourth-order valence-corrected chi connectivity index (χ4v) is 2.52. The van der Waals surface area contributed by atoms with Gasteiger partial charge in [0.05, 0.1) is 0 Å². The largest absolute Gasteiger partial charge is 0.369 e. The van der Waals surface area contributed by atoms with E-state index in [1.165, 1.54) is 44.7 Å². The van der Waals surface area contributed by atoms with E-state index >= 15 is 0 Å². The quantitative estimate of drug-likeness (QED) is 0.675. The summed E-state index contributed by atoms with van der Waals surface area (Å²) in [6, 6.07) is 0.941. The van der Waals surface area contributed by atoms with E-state index in [-0.39, 0.29) is 0 Å². The SMILES string of the molecule is [CH]1C=CC(N2CCN(C3CC3)CC2)=CC1. The van der Waals surface area contributed by atoms with E-state index in [1.54, 1.807) is 0 Å². The summed E-state index contributed by atoms with van der Waals surface area (Å²) in [6.07, 6.45) is 13.0. The lowest BCUT2D eigenvalue weighted by Gasteiger charge is -2.37. The summed E-state index contributed by atoms with van der Waals surface area (Å²) in [5.41, 5.74) is 1.44. The zero-order valence-corrected chi connectivity index (χ0v) is 9.23. The lowest BCUT2D eigenvalue weighted by atomic mass is 10.1. The second-order valence-electron chi connectivity index (χ2n) is 4.71. The highest BCUT2D eigenvalue weighted by atomic mass is 15.3. The molecule has 0 aromatic heterocycles. The molecule has 3 rings (SSSR count). The smallest absolute Gasteiger partial charge is 0.0323 e. The second-order valence-corrected chi connectivity index (χ2v) is 4.71. The Labute approximate surface area is 92.2 Å². The molecule has 0 unspecified atom stereocenters. The molecule has 15 heavy (non-hydrogen) atoms. The Morgan fingerprint density at radius 3 is 2.47 bits per heavy atom. The molecule has 1 saturated carbocycles. The second kappa shape index (κ2) is 4.01. The van der Waals surface area contributed by atoms with Crippen molar-refractivity contribution in [1.29, 1.82) is 0 Å². The maximum absolute atomic E-state index is 2.66. The minimum Gasteiger partial charge on any atom is -0.369 e. The Bertz CT molecular complexity index is 281. The maximum atomic E-state index is 2.66. The zero-order chi connectivity index (χ0) is 10.1. The molecule has 1 saturated heterocycles. The Morgan fingerprint density at radius 2 is 1.87 bits per heavy atom. The van der Waals surface area contributed by atoms with Crippen molar-refractivity contribution in [3.05, 3.63) is 30.3 Å². The van der Waals surface area contributed by atoms with Crippen LogP contribution in [0.1, 0.15) is 19.3 Å². The van der Waals surface area contributed by atoms with E-state index in [9.17, 15) is 0 Å². The van der Waals surface area contributed by atoms with Crippen molar-refractivity contribution in [3.63, 3.8) is 0 Å². The summed E-state index contributed by atoms with van der Waals surface area (Å²) in [5.74, 6) is 0. The van der Waals surface area contributed by atoms with Gasteiger partial charge in [-0.2, -0.15) is 0 Å². The molecule has 0 amide bonds. The first-order chi connectivity index (χ1) is 7.43. The van der Waals surface area contributed by atoms with Gasteiger partial charge in [-0.15, -0.1) is 0 Å². The predicted octanol–water partition coefficient (Wildman–Crippen LogP) is 1.81. The number of rotatable bonds is 2. The summed E-state index contributed by atoms with van der Waals surface area (Å²) >= 11 is 0. The number of hydrogen-bond donors (Lipinski definition) is 0. The summed E-state index contributed by atoms with van der Waals surface area (Å²) in [6.45, 7) is 4.96. The normalized spacial score (nSPS) is 28.0. The molecule has 1 aliphatic heterocycles. The van der Waals surface area contributed by atoms with E-state index in [1.807, 2.05) is 0 Å². The Hall–Kier alpha value is -0.760. The van der Waals surface area contributed by atoms with Crippen LogP contribution >= 0.6 is 0 Å². The van der Waals surface area contributed by atoms with Crippen molar-refractivity contribution in [2.45, 2.75) is 25.3 Å². The van der Waals surface area contributed by atoms with Gasteiger partial charge in [0.25, 0.3) is 0 Å². The molecule has 1 heterocycles. The van der Waals surface area contributed by atoms with E-state index < -0.39 is 0 Å². The molecule has 1 radical (unpaired) electrons. The number of hydrogen-bond acceptors (Lipinski definition) is 2. The fraction of sp³-hybridized carbons (Fsp3) is 0.615. The molecule has 0 bridgehead atoms. The van der Waals surface area contributed by atoms with Gasteiger partial charge >= 0.3 is 0 Å². The van der Waals surface area contributed by atoms with E-state index in [0.29, 0.717) is 0 Å². The van der Waals surface area contributed by atoms with Gasteiger partial charge in [0.2, 0.25) is 0 Å². The van der Waals surface area contributed by atoms with Gasteiger partial charge in [-0.1, -0.05) is 12.2 Å². The van der Waals surface area contributed by atoms with Gasteiger partial charge < -0.3 is 4.90 Å². The van der Waals surface area contributed by atoms with Gasteiger partial charge in [0.15, 0.2) is 0 Å². The van der Waals surface area contributed by atoms with Crippen molar-refractivity contribution >= 4 is 0 Å². The number of piperazine rings is 1. The van der Waals surface area contributed by atoms with Crippen LogP contribution in [0.15, 0.2) is 23.9 Å². The zero-order valence-electron chi connectivity index (χ0n) is 9.23. The van der Waals surface area contributed by atoms with Gasteiger partial charge in [-0.25, -0.2) is 0 Å². The summed E-state index contributed by atoms with van der Waals surface area (Å²) in [7, 11) is 0. The Morgan fingerprint density at radius 1 is 1.07 bits per heavy atom. The molecule has 0 aromatic carbocycles. The number of nitrogens with zero attached hydrogens (tertiary/aromatic N) is 2. The Kier molecular flexibility index (Phi) is 2.53. The van der Waals surface area contributed by atoms with Crippen LogP contribution in [-0.2, 0) is 0 Å². The highest BCUT2D eigenvalue weighted by Crippen LogP contribution is 2.28. The average molecular weight is 203 g/mol. The summed E-state index contributed by atoms with van der Waals surface area (Å²) in [5, 5.41) is 0. The molecule has 2 heteroatoms. The van der Waals surface area contributed by atoms with Crippen LogP contribution in [0, 0.1) is 6.42 Å². The molecule has 0 aromatic rings. The molecular weight excluding hydrogens is 184 g/mol. The molecule has 3 aliphatic rings. The van der Waals surface area contributed by atoms with Crippen molar-refractivity contribution in [2.75, 3.05) is 26.2 Å². The third kappa shape index (κ3) is 2.10. The monoisotopic (exact) mass is 203 g/mol. The standard InChI is InChI=1S/C13H19N2/c1-2-4-12(5-3-1)14-8-10-15(11-9-14)13-6-7-13/h1-2,4-5,13H,3,6-11H2. The van der Waals surface area contributed by atoms with Crippen LogP contribution in [0.25, 0.3) is 0 Å². The number of allylic oxidation sites excluding steroid dienone is 3. The Balaban J connectivity index is 1.56. The maximum Gasteiger partial charge on any atom is 0.0323 e. The van der Waals surface area contributed by atoms with Crippen LogP contribution in [-0.4, -0.2) is 42.0 Å². The summed E-state index contributed by atoms with van der Waals surface area (Å²) < 4.78 is 0. The van der Waals surface area contributed by atoms with Crippen molar-refractivity contribution in [1.82, 2.24) is 9.80 Å². The molecule has 81 valence electrons.